The third-order valence-corrected chi connectivity index (χ3v) is 6.18. The minimum atomic E-state index is -0.461. The number of carbonyl (C=O) groups excluding carboxylic acids is 2. The molecule has 2 heterocycles. The maximum atomic E-state index is 13.0. The van der Waals surface area contributed by atoms with Crippen LogP contribution in [0.3, 0.4) is 0 Å². The van der Waals surface area contributed by atoms with Gasteiger partial charge in [-0.15, -0.1) is 0 Å². The van der Waals surface area contributed by atoms with Gasteiger partial charge in [-0.1, -0.05) is 41.9 Å². The number of aromatic nitrogens is 3. The van der Waals surface area contributed by atoms with Crippen molar-refractivity contribution >= 4 is 17.6 Å². The monoisotopic (exact) mass is 471 g/mol. The number of phenols is 1. The molecule has 0 aliphatic heterocycles. The summed E-state index contributed by atoms with van der Waals surface area (Å²) in [5.41, 5.74) is 3.28. The average molecular weight is 472 g/mol. The number of aromatic hydroxyl groups is 1. The molecule has 178 valence electrons. The highest BCUT2D eigenvalue weighted by atomic mass is 16.5. The molecule has 9 nitrogen and oxygen atoms in total. The lowest BCUT2D eigenvalue weighted by atomic mass is 9.82. The van der Waals surface area contributed by atoms with Crippen LogP contribution in [0.15, 0.2) is 71.4 Å². The maximum absolute atomic E-state index is 13.0. The Kier molecular flexibility index (Phi) is 6.30. The summed E-state index contributed by atoms with van der Waals surface area (Å²) in [4.78, 5) is 25.3. The lowest BCUT2D eigenvalue weighted by Crippen LogP contribution is -2.33. The van der Waals surface area contributed by atoms with Crippen LogP contribution in [0.25, 0.3) is 11.3 Å². The fourth-order valence-corrected chi connectivity index (χ4v) is 4.06. The van der Waals surface area contributed by atoms with E-state index in [1.807, 2.05) is 36.4 Å². The molecule has 5 rings (SSSR count). The molecule has 1 aliphatic carbocycles. The highest BCUT2D eigenvalue weighted by Gasteiger charge is 2.27. The number of rotatable bonds is 7. The lowest BCUT2D eigenvalue weighted by molar-refractivity contribution is 0.0988. The summed E-state index contributed by atoms with van der Waals surface area (Å²) in [7, 11) is 0. The van der Waals surface area contributed by atoms with Gasteiger partial charge >= 0.3 is 6.03 Å². The van der Waals surface area contributed by atoms with Crippen LogP contribution in [0.1, 0.15) is 47.0 Å². The first-order valence-corrected chi connectivity index (χ1v) is 11.6. The molecule has 0 bridgehead atoms. The van der Waals surface area contributed by atoms with Crippen LogP contribution in [0, 0.1) is 0 Å². The van der Waals surface area contributed by atoms with Gasteiger partial charge in [0.1, 0.15) is 5.75 Å². The minimum Gasteiger partial charge on any atom is -0.507 e. The highest BCUT2D eigenvalue weighted by molar-refractivity contribution is 6.02. The van der Waals surface area contributed by atoms with Crippen LogP contribution in [0.4, 0.5) is 10.5 Å². The highest BCUT2D eigenvalue weighted by Crippen LogP contribution is 2.39. The minimum absolute atomic E-state index is 0.00282. The van der Waals surface area contributed by atoms with E-state index >= 15 is 0 Å². The Hall–Kier alpha value is -4.40. The first-order valence-electron chi connectivity index (χ1n) is 11.6. The molecule has 0 atom stereocenters. The van der Waals surface area contributed by atoms with Crippen molar-refractivity contribution in [2.45, 2.75) is 31.6 Å². The Bertz CT molecular complexity index is 1330. The number of amides is 2. The summed E-state index contributed by atoms with van der Waals surface area (Å²) < 4.78 is 6.29. The van der Waals surface area contributed by atoms with Crippen molar-refractivity contribution in [3.63, 3.8) is 0 Å². The van der Waals surface area contributed by atoms with Gasteiger partial charge in [0.25, 0.3) is 5.91 Å². The largest absolute Gasteiger partial charge is 0.507 e. The first-order chi connectivity index (χ1) is 17.1. The van der Waals surface area contributed by atoms with Crippen molar-refractivity contribution in [1.82, 2.24) is 20.3 Å². The molecule has 1 saturated carbocycles. The molecule has 9 heteroatoms. The summed E-state index contributed by atoms with van der Waals surface area (Å²) in [5, 5.41) is 24.3. The van der Waals surface area contributed by atoms with Crippen molar-refractivity contribution in [1.29, 1.82) is 0 Å². The average Bonchev–Trinajstić information content (AvgIpc) is 3.51. The second-order valence-electron chi connectivity index (χ2n) is 8.52. The van der Waals surface area contributed by atoms with Crippen molar-refractivity contribution < 1.29 is 19.2 Å². The molecule has 0 spiro atoms. The van der Waals surface area contributed by atoms with Gasteiger partial charge in [0.05, 0.1) is 17.6 Å². The zero-order valence-electron chi connectivity index (χ0n) is 19.0. The van der Waals surface area contributed by atoms with E-state index in [0.717, 1.165) is 30.5 Å². The molecule has 2 aromatic heterocycles. The van der Waals surface area contributed by atoms with Crippen LogP contribution in [0.5, 0.6) is 5.75 Å². The number of phenolic OH excluding ortho intramolecular Hbond substituents is 1. The fraction of sp³-hybridized carbons (Fsp3) is 0.231. The molecule has 0 unspecified atom stereocenters. The van der Waals surface area contributed by atoms with Gasteiger partial charge in [0, 0.05) is 29.8 Å². The number of anilines is 1. The number of benzene rings is 2. The third-order valence-electron chi connectivity index (χ3n) is 6.18. The molecule has 0 saturated heterocycles. The molecule has 2 amide bonds. The molecule has 0 radical (unpaired) electrons. The van der Waals surface area contributed by atoms with Gasteiger partial charge in [-0.25, -0.2) is 4.79 Å². The van der Waals surface area contributed by atoms with E-state index in [4.69, 9.17) is 4.52 Å². The third kappa shape index (κ3) is 4.93. The van der Waals surface area contributed by atoms with Crippen LogP contribution in [0.2, 0.25) is 0 Å². The van der Waals surface area contributed by atoms with Crippen LogP contribution >= 0.6 is 0 Å². The lowest BCUT2D eigenvalue weighted by Gasteiger charge is -2.25. The smallest absolute Gasteiger partial charge is 0.342 e. The molecular weight excluding hydrogens is 446 g/mol. The van der Waals surface area contributed by atoms with Gasteiger partial charge in [-0.2, -0.15) is 9.78 Å². The Morgan fingerprint density at radius 1 is 1.09 bits per heavy atom. The zero-order chi connectivity index (χ0) is 24.2. The molecule has 2 aromatic carbocycles. The summed E-state index contributed by atoms with van der Waals surface area (Å²) >= 11 is 0. The van der Waals surface area contributed by atoms with Gasteiger partial charge < -0.3 is 20.3 Å². The van der Waals surface area contributed by atoms with E-state index in [2.05, 4.69) is 20.9 Å². The predicted octanol–water partition coefficient (Wildman–Crippen LogP) is 4.56. The molecule has 3 N–H and O–H groups in total. The molecule has 4 aromatic rings. The number of nitrogens with zero attached hydrogens (tertiary/aromatic N) is 3. The van der Waals surface area contributed by atoms with Crippen molar-refractivity contribution in [2.24, 2.45) is 0 Å². The maximum Gasteiger partial charge on any atom is 0.342 e. The standard InChI is InChI=1S/C26H25N5O4/c32-23-10-9-19(29-25(33)24-12-14-28-35-24)15-20(23)21-16-22(18-7-4-8-18)31(30-21)26(34)27-13-11-17-5-2-1-3-6-17/h1-3,5-6,9-10,12,14-16,18,32H,4,7-8,11,13H2,(H,27,34)(H,29,33). The van der Waals surface area contributed by atoms with Crippen molar-refractivity contribution in [3.8, 4) is 17.0 Å². The summed E-state index contributed by atoms with van der Waals surface area (Å²) in [6.07, 6.45) is 5.18. The quantitative estimate of drug-likeness (QED) is 0.340. The Morgan fingerprint density at radius 3 is 2.63 bits per heavy atom. The predicted molar refractivity (Wildman–Crippen MR) is 129 cm³/mol. The fourth-order valence-electron chi connectivity index (χ4n) is 4.06. The number of hydrogen-bond donors (Lipinski definition) is 3. The Morgan fingerprint density at radius 2 is 1.91 bits per heavy atom. The first kappa shape index (κ1) is 22.4. The Labute approximate surface area is 201 Å². The van der Waals surface area contributed by atoms with E-state index in [0.29, 0.717) is 29.9 Å². The van der Waals surface area contributed by atoms with Gasteiger partial charge in [0.2, 0.25) is 5.76 Å². The summed E-state index contributed by atoms with van der Waals surface area (Å²) in [5.74, 6) is -0.148. The normalized spacial score (nSPS) is 13.3. The molecule has 1 fully saturated rings. The van der Waals surface area contributed by atoms with Crippen molar-refractivity contribution in [3.05, 3.63) is 83.9 Å². The van der Waals surface area contributed by atoms with E-state index in [9.17, 15) is 14.7 Å². The number of hydrogen-bond acceptors (Lipinski definition) is 6. The summed E-state index contributed by atoms with van der Waals surface area (Å²) in [6, 6.07) is 17.6. The van der Waals surface area contributed by atoms with E-state index in [1.165, 1.54) is 23.0 Å². The van der Waals surface area contributed by atoms with E-state index in [-0.39, 0.29) is 23.5 Å². The zero-order valence-corrected chi connectivity index (χ0v) is 19.0. The van der Waals surface area contributed by atoms with Crippen LogP contribution in [-0.4, -0.2) is 38.5 Å². The SMILES string of the molecule is O=C(Nc1ccc(O)c(-c2cc(C3CCC3)n(C(=O)NCCc3ccccc3)n2)c1)c1ccno1. The topological polar surface area (TPSA) is 122 Å². The van der Waals surface area contributed by atoms with Gasteiger partial charge in [-0.3, -0.25) is 4.79 Å². The second-order valence-corrected chi connectivity index (χ2v) is 8.52. The van der Waals surface area contributed by atoms with Gasteiger partial charge in [-0.05, 0) is 49.1 Å². The van der Waals surface area contributed by atoms with E-state index < -0.39 is 5.91 Å². The number of carbonyl (C=O) groups is 2. The Balaban J connectivity index is 1.37. The van der Waals surface area contributed by atoms with Gasteiger partial charge in [0.15, 0.2) is 0 Å². The number of nitrogens with one attached hydrogen (secondary N) is 2. The molecule has 1 aliphatic rings. The summed E-state index contributed by atoms with van der Waals surface area (Å²) in [6.45, 7) is 0.483. The van der Waals surface area contributed by atoms with Crippen LogP contribution < -0.4 is 10.6 Å². The molecular formula is C26H25N5O4. The van der Waals surface area contributed by atoms with Crippen LogP contribution in [-0.2, 0) is 6.42 Å². The van der Waals surface area contributed by atoms with Crippen molar-refractivity contribution in [2.75, 3.05) is 11.9 Å². The second kappa shape index (κ2) is 9.84. The molecule has 35 heavy (non-hydrogen) atoms. The van der Waals surface area contributed by atoms with E-state index in [1.54, 1.807) is 12.1 Å².